The lowest BCUT2D eigenvalue weighted by atomic mass is 9.95. The first-order valence-corrected chi connectivity index (χ1v) is 9.87. The molecule has 1 atom stereocenters. The van der Waals surface area contributed by atoms with Crippen LogP contribution in [0.4, 0.5) is 24.5 Å². The Labute approximate surface area is 190 Å². The molecule has 1 saturated heterocycles. The number of nitro groups is 1. The molecule has 7 nitrogen and oxygen atoms in total. The number of carbonyl (C=O) groups excluding carboxylic acids is 2. The molecule has 0 spiro atoms. The summed E-state index contributed by atoms with van der Waals surface area (Å²) in [5.74, 6) is -2.75. The second kappa shape index (κ2) is 8.47. The molecule has 0 aliphatic carbocycles. The number of benzene rings is 3. The predicted octanol–water partition coefficient (Wildman–Crippen LogP) is 5.24. The monoisotopic (exact) mass is 468 g/mol. The van der Waals surface area contributed by atoms with Gasteiger partial charge < -0.3 is 5.11 Å². The molecule has 0 saturated carbocycles. The van der Waals surface area contributed by atoms with E-state index in [-0.39, 0.29) is 28.1 Å². The van der Waals surface area contributed by atoms with Crippen molar-refractivity contribution in [2.75, 3.05) is 4.90 Å². The maximum atomic E-state index is 13.3. The molecule has 1 unspecified atom stereocenters. The van der Waals surface area contributed by atoms with E-state index < -0.39 is 40.2 Å². The topological polar surface area (TPSA) is 101 Å². The number of amides is 1. The number of non-ortho nitro benzene ring substituents is 1. The molecule has 1 fully saturated rings. The molecular weight excluding hydrogens is 453 g/mol. The fourth-order valence-electron chi connectivity index (χ4n) is 3.78. The second-order valence-electron chi connectivity index (χ2n) is 7.43. The van der Waals surface area contributed by atoms with Crippen LogP contribution in [0.5, 0.6) is 0 Å². The van der Waals surface area contributed by atoms with Gasteiger partial charge in [-0.15, -0.1) is 0 Å². The molecule has 3 aromatic rings. The Morgan fingerprint density at radius 2 is 1.59 bits per heavy atom. The lowest BCUT2D eigenvalue weighted by molar-refractivity contribution is -0.384. The minimum absolute atomic E-state index is 0.194. The molecule has 1 heterocycles. The van der Waals surface area contributed by atoms with Crippen LogP contribution in [0.3, 0.4) is 0 Å². The van der Waals surface area contributed by atoms with Crippen LogP contribution in [0, 0.1) is 10.1 Å². The summed E-state index contributed by atoms with van der Waals surface area (Å²) in [6.07, 6.45) is -4.70. The fourth-order valence-corrected chi connectivity index (χ4v) is 3.78. The number of aliphatic hydroxyl groups is 1. The van der Waals surface area contributed by atoms with Crippen molar-refractivity contribution in [1.82, 2.24) is 0 Å². The van der Waals surface area contributed by atoms with E-state index in [1.54, 1.807) is 18.2 Å². The number of hydrogen-bond acceptors (Lipinski definition) is 5. The summed E-state index contributed by atoms with van der Waals surface area (Å²) >= 11 is 0. The van der Waals surface area contributed by atoms with Gasteiger partial charge in [-0.2, -0.15) is 13.2 Å². The van der Waals surface area contributed by atoms with Crippen molar-refractivity contribution in [3.63, 3.8) is 0 Å². The summed E-state index contributed by atoms with van der Waals surface area (Å²) in [5.41, 5.74) is -1.44. The van der Waals surface area contributed by atoms with Crippen LogP contribution in [-0.4, -0.2) is 21.7 Å². The lowest BCUT2D eigenvalue weighted by Gasteiger charge is -2.26. The number of ketones is 1. The van der Waals surface area contributed by atoms with Crippen molar-refractivity contribution in [1.29, 1.82) is 0 Å². The van der Waals surface area contributed by atoms with Gasteiger partial charge in [0.05, 0.1) is 22.1 Å². The van der Waals surface area contributed by atoms with Crippen molar-refractivity contribution in [2.45, 2.75) is 12.2 Å². The zero-order valence-electron chi connectivity index (χ0n) is 17.2. The largest absolute Gasteiger partial charge is 0.507 e. The highest BCUT2D eigenvalue weighted by Gasteiger charge is 2.47. The number of aliphatic hydroxyl groups excluding tert-OH is 1. The maximum Gasteiger partial charge on any atom is 0.416 e. The van der Waals surface area contributed by atoms with Gasteiger partial charge in [0, 0.05) is 23.4 Å². The Morgan fingerprint density at radius 1 is 0.941 bits per heavy atom. The first kappa shape index (κ1) is 22.7. The number of rotatable bonds is 4. The van der Waals surface area contributed by atoms with Crippen molar-refractivity contribution in [3.8, 4) is 0 Å². The molecule has 1 amide bonds. The second-order valence-corrected chi connectivity index (χ2v) is 7.43. The Morgan fingerprint density at radius 3 is 2.18 bits per heavy atom. The third kappa shape index (κ3) is 4.01. The first-order valence-electron chi connectivity index (χ1n) is 9.87. The summed E-state index contributed by atoms with van der Waals surface area (Å²) in [6.45, 7) is 0. The number of hydrogen-bond donors (Lipinski definition) is 1. The number of nitrogens with zero attached hydrogens (tertiary/aromatic N) is 2. The molecular formula is C24H15F3N2O5. The highest BCUT2D eigenvalue weighted by Crippen LogP contribution is 2.43. The van der Waals surface area contributed by atoms with E-state index in [1.165, 1.54) is 30.3 Å². The normalized spacial score (nSPS) is 17.7. The van der Waals surface area contributed by atoms with Crippen LogP contribution in [-0.2, 0) is 15.8 Å². The number of carbonyl (C=O) groups is 2. The van der Waals surface area contributed by atoms with Crippen molar-refractivity contribution in [2.24, 2.45) is 0 Å². The third-order valence-electron chi connectivity index (χ3n) is 5.36. The molecule has 0 bridgehead atoms. The van der Waals surface area contributed by atoms with Gasteiger partial charge in [-0.3, -0.25) is 24.6 Å². The van der Waals surface area contributed by atoms with E-state index in [2.05, 4.69) is 0 Å². The van der Waals surface area contributed by atoms with Crippen molar-refractivity contribution in [3.05, 3.63) is 111 Å². The van der Waals surface area contributed by atoms with Gasteiger partial charge in [0.15, 0.2) is 0 Å². The molecule has 0 radical (unpaired) electrons. The van der Waals surface area contributed by atoms with E-state index in [4.69, 9.17) is 0 Å². The van der Waals surface area contributed by atoms with E-state index in [1.807, 2.05) is 0 Å². The summed E-state index contributed by atoms with van der Waals surface area (Å²) < 4.78 is 39.9. The van der Waals surface area contributed by atoms with Crippen LogP contribution >= 0.6 is 0 Å². The minimum atomic E-state index is -4.70. The summed E-state index contributed by atoms with van der Waals surface area (Å²) in [7, 11) is 0. The fraction of sp³-hybridized carbons (Fsp3) is 0.0833. The van der Waals surface area contributed by atoms with Gasteiger partial charge in [-0.25, -0.2) is 0 Å². The molecule has 172 valence electrons. The Bertz CT molecular complexity index is 1320. The zero-order valence-corrected chi connectivity index (χ0v) is 17.2. The van der Waals surface area contributed by atoms with E-state index >= 15 is 0 Å². The number of alkyl halides is 3. The van der Waals surface area contributed by atoms with Crippen molar-refractivity contribution >= 4 is 28.8 Å². The predicted molar refractivity (Wildman–Crippen MR) is 116 cm³/mol. The first-order chi connectivity index (χ1) is 16.1. The zero-order chi connectivity index (χ0) is 24.6. The number of halogens is 3. The Hall–Kier alpha value is -4.47. The molecule has 0 aromatic heterocycles. The van der Waals surface area contributed by atoms with Crippen LogP contribution in [0.1, 0.15) is 22.7 Å². The third-order valence-corrected chi connectivity index (χ3v) is 5.36. The highest BCUT2D eigenvalue weighted by molar-refractivity contribution is 6.51. The van der Waals surface area contributed by atoms with Gasteiger partial charge in [-0.05, 0) is 35.9 Å². The smallest absolute Gasteiger partial charge is 0.416 e. The summed E-state index contributed by atoms with van der Waals surface area (Å²) in [4.78, 5) is 37.3. The van der Waals surface area contributed by atoms with Crippen LogP contribution < -0.4 is 4.90 Å². The molecule has 1 N–H and O–H groups in total. The van der Waals surface area contributed by atoms with E-state index in [9.17, 15) is 38.0 Å². The van der Waals surface area contributed by atoms with Crippen molar-refractivity contribution < 1.29 is 32.8 Å². The van der Waals surface area contributed by atoms with Gasteiger partial charge in [0.1, 0.15) is 5.76 Å². The van der Waals surface area contributed by atoms with Gasteiger partial charge in [-0.1, -0.05) is 36.4 Å². The SMILES string of the molecule is O=C1C(=O)N(c2cccc(C(F)(F)F)c2)C(c2ccc([N+](=O)[O-])cc2)C1=C(O)c1ccccc1. The Kier molecular flexibility index (Phi) is 5.66. The molecule has 3 aromatic carbocycles. The Balaban J connectivity index is 1.94. The highest BCUT2D eigenvalue weighted by atomic mass is 19.4. The van der Waals surface area contributed by atoms with Gasteiger partial charge in [0.2, 0.25) is 0 Å². The minimum Gasteiger partial charge on any atom is -0.507 e. The number of Topliss-reactive ketones (excluding diaryl/α,β-unsaturated/α-hetero) is 1. The van der Waals surface area contributed by atoms with Gasteiger partial charge in [0.25, 0.3) is 17.4 Å². The van der Waals surface area contributed by atoms with E-state index in [0.717, 1.165) is 35.2 Å². The molecule has 4 rings (SSSR count). The van der Waals surface area contributed by atoms with E-state index in [0.29, 0.717) is 0 Å². The van der Waals surface area contributed by atoms with Gasteiger partial charge >= 0.3 is 6.18 Å². The maximum absolute atomic E-state index is 13.3. The average Bonchev–Trinajstić information content (AvgIpc) is 3.09. The van der Waals surface area contributed by atoms with Crippen LogP contribution in [0.2, 0.25) is 0 Å². The molecule has 34 heavy (non-hydrogen) atoms. The standard InChI is InChI=1S/C24H15F3N2O5/c25-24(26,27)16-7-4-8-18(13-16)28-20(14-9-11-17(12-10-14)29(33)34)19(22(31)23(28)32)21(30)15-5-2-1-3-6-15/h1-13,20,30H. The molecule has 1 aliphatic heterocycles. The quantitative estimate of drug-likeness (QED) is 0.186. The average molecular weight is 468 g/mol. The molecule has 10 heteroatoms. The van der Waals surface area contributed by atoms with Crippen LogP contribution in [0.15, 0.2) is 84.4 Å². The molecule has 1 aliphatic rings. The summed E-state index contributed by atoms with van der Waals surface area (Å²) in [6, 6.07) is 15.3. The number of nitro benzene ring substituents is 1. The number of anilines is 1. The summed E-state index contributed by atoms with van der Waals surface area (Å²) in [5, 5.41) is 22.0. The van der Waals surface area contributed by atoms with Crippen LogP contribution in [0.25, 0.3) is 5.76 Å². The lowest BCUT2D eigenvalue weighted by Crippen LogP contribution is -2.29.